The van der Waals surface area contributed by atoms with Crippen molar-refractivity contribution in [3.8, 4) is 5.75 Å². The highest BCUT2D eigenvalue weighted by molar-refractivity contribution is 5.97. The smallest absolute Gasteiger partial charge is 0.170 e. The Morgan fingerprint density at radius 2 is 2.05 bits per heavy atom. The SMILES string of the molecule is NC(=NO)c1ccc(OCCNCC2CC(O)C2)cc1. The lowest BCUT2D eigenvalue weighted by molar-refractivity contribution is 0.0428. The van der Waals surface area contributed by atoms with Crippen LogP contribution in [0.5, 0.6) is 5.75 Å². The minimum absolute atomic E-state index is 0.0842. The summed E-state index contributed by atoms with van der Waals surface area (Å²) in [5, 5.41) is 24.0. The summed E-state index contributed by atoms with van der Waals surface area (Å²) in [4.78, 5) is 0. The lowest BCUT2D eigenvalue weighted by Crippen LogP contribution is -2.37. The monoisotopic (exact) mass is 279 g/mol. The Labute approximate surface area is 118 Å². The van der Waals surface area contributed by atoms with Gasteiger partial charge in [0.15, 0.2) is 5.84 Å². The Morgan fingerprint density at radius 3 is 2.65 bits per heavy atom. The molecule has 0 aromatic heterocycles. The first kappa shape index (κ1) is 14.6. The zero-order chi connectivity index (χ0) is 14.4. The fraction of sp³-hybridized carbons (Fsp3) is 0.500. The Bertz CT molecular complexity index is 441. The van der Waals surface area contributed by atoms with E-state index < -0.39 is 0 Å². The molecule has 0 heterocycles. The number of ether oxygens (including phenoxy) is 1. The summed E-state index contributed by atoms with van der Waals surface area (Å²) in [5.74, 6) is 1.44. The van der Waals surface area contributed by atoms with Crippen molar-refractivity contribution in [3.63, 3.8) is 0 Å². The summed E-state index contributed by atoms with van der Waals surface area (Å²) in [6.07, 6.45) is 1.72. The highest BCUT2D eigenvalue weighted by Crippen LogP contribution is 2.25. The maximum Gasteiger partial charge on any atom is 0.170 e. The predicted molar refractivity (Wildman–Crippen MR) is 76.0 cm³/mol. The van der Waals surface area contributed by atoms with Gasteiger partial charge in [-0.15, -0.1) is 0 Å². The number of amidine groups is 1. The van der Waals surface area contributed by atoms with Gasteiger partial charge in [0, 0.05) is 12.1 Å². The summed E-state index contributed by atoms with van der Waals surface area (Å²) in [6, 6.07) is 7.06. The first-order valence-electron chi connectivity index (χ1n) is 6.78. The molecule has 110 valence electrons. The first-order chi connectivity index (χ1) is 9.69. The third kappa shape index (κ3) is 4.11. The minimum atomic E-state index is -0.0912. The molecule has 6 nitrogen and oxygen atoms in total. The van der Waals surface area contributed by atoms with Crippen LogP contribution in [0.2, 0.25) is 0 Å². The third-order valence-corrected chi connectivity index (χ3v) is 3.45. The number of rotatable bonds is 7. The zero-order valence-corrected chi connectivity index (χ0v) is 11.3. The van der Waals surface area contributed by atoms with Crippen molar-refractivity contribution in [3.05, 3.63) is 29.8 Å². The number of benzene rings is 1. The van der Waals surface area contributed by atoms with E-state index in [-0.39, 0.29) is 11.9 Å². The van der Waals surface area contributed by atoms with E-state index in [9.17, 15) is 0 Å². The Morgan fingerprint density at radius 1 is 1.35 bits per heavy atom. The summed E-state index contributed by atoms with van der Waals surface area (Å²) < 4.78 is 5.57. The van der Waals surface area contributed by atoms with Crippen LogP contribution >= 0.6 is 0 Å². The number of nitrogens with one attached hydrogen (secondary N) is 1. The van der Waals surface area contributed by atoms with Crippen LogP contribution in [-0.2, 0) is 0 Å². The van der Waals surface area contributed by atoms with Crippen molar-refractivity contribution < 1.29 is 15.1 Å². The molecule has 1 aliphatic carbocycles. The molecule has 0 saturated heterocycles. The summed E-state index contributed by atoms with van der Waals surface area (Å²) in [6.45, 7) is 2.29. The molecule has 1 fully saturated rings. The summed E-state index contributed by atoms with van der Waals surface area (Å²) in [7, 11) is 0. The molecule has 0 radical (unpaired) electrons. The van der Waals surface area contributed by atoms with Gasteiger partial charge in [-0.25, -0.2) is 0 Å². The van der Waals surface area contributed by atoms with E-state index in [1.807, 2.05) is 0 Å². The van der Waals surface area contributed by atoms with Crippen molar-refractivity contribution >= 4 is 5.84 Å². The van der Waals surface area contributed by atoms with E-state index in [1.165, 1.54) is 0 Å². The average Bonchev–Trinajstić information content (AvgIpc) is 2.44. The maximum atomic E-state index is 9.16. The molecule has 0 atom stereocenters. The molecule has 2 rings (SSSR count). The van der Waals surface area contributed by atoms with Crippen molar-refractivity contribution in [2.45, 2.75) is 18.9 Å². The second-order valence-electron chi connectivity index (χ2n) is 5.05. The molecule has 0 spiro atoms. The van der Waals surface area contributed by atoms with E-state index in [1.54, 1.807) is 24.3 Å². The second-order valence-corrected chi connectivity index (χ2v) is 5.05. The molecule has 0 amide bonds. The lowest BCUT2D eigenvalue weighted by Gasteiger charge is -2.31. The van der Waals surface area contributed by atoms with Gasteiger partial charge in [-0.2, -0.15) is 0 Å². The van der Waals surface area contributed by atoms with Crippen LogP contribution < -0.4 is 15.8 Å². The number of oxime groups is 1. The number of nitrogens with zero attached hydrogens (tertiary/aromatic N) is 1. The van der Waals surface area contributed by atoms with Crippen LogP contribution in [-0.4, -0.2) is 41.9 Å². The second kappa shape index (κ2) is 7.12. The summed E-state index contributed by atoms with van der Waals surface area (Å²) >= 11 is 0. The fourth-order valence-corrected chi connectivity index (χ4v) is 2.19. The van der Waals surface area contributed by atoms with Gasteiger partial charge < -0.3 is 26.1 Å². The number of aliphatic hydroxyl groups excluding tert-OH is 1. The first-order valence-corrected chi connectivity index (χ1v) is 6.78. The van der Waals surface area contributed by atoms with Gasteiger partial charge in [0.2, 0.25) is 0 Å². The average molecular weight is 279 g/mol. The molecule has 5 N–H and O–H groups in total. The van der Waals surface area contributed by atoms with Crippen molar-refractivity contribution in [1.29, 1.82) is 0 Å². The quantitative estimate of drug-likeness (QED) is 0.192. The van der Waals surface area contributed by atoms with E-state index in [4.69, 9.17) is 20.8 Å². The van der Waals surface area contributed by atoms with Gasteiger partial charge in [0.05, 0.1) is 6.10 Å². The van der Waals surface area contributed by atoms with E-state index in [0.717, 1.165) is 31.7 Å². The molecular weight excluding hydrogens is 258 g/mol. The zero-order valence-electron chi connectivity index (χ0n) is 11.3. The Hall–Kier alpha value is -1.79. The largest absolute Gasteiger partial charge is 0.492 e. The predicted octanol–water partition coefficient (Wildman–Crippen LogP) is 0.520. The molecule has 1 saturated carbocycles. The maximum absolute atomic E-state index is 9.16. The van der Waals surface area contributed by atoms with Gasteiger partial charge in [0.1, 0.15) is 12.4 Å². The normalized spacial score (nSPS) is 22.4. The topological polar surface area (TPSA) is 100 Å². The van der Waals surface area contributed by atoms with E-state index >= 15 is 0 Å². The molecule has 20 heavy (non-hydrogen) atoms. The molecule has 6 heteroatoms. The summed E-state index contributed by atoms with van der Waals surface area (Å²) in [5.41, 5.74) is 6.13. The van der Waals surface area contributed by atoms with Crippen molar-refractivity contribution in [2.75, 3.05) is 19.7 Å². The Kier molecular flexibility index (Phi) is 5.20. The molecule has 0 unspecified atom stereocenters. The van der Waals surface area contributed by atoms with Crippen LogP contribution in [0.4, 0.5) is 0 Å². The third-order valence-electron chi connectivity index (χ3n) is 3.45. The molecule has 0 bridgehead atoms. The number of hydrogen-bond donors (Lipinski definition) is 4. The lowest BCUT2D eigenvalue weighted by atomic mass is 9.82. The highest BCUT2D eigenvalue weighted by Gasteiger charge is 2.26. The molecule has 1 aliphatic rings. The molecule has 1 aromatic carbocycles. The van der Waals surface area contributed by atoms with Crippen LogP contribution in [0.25, 0.3) is 0 Å². The molecular formula is C14H21N3O3. The van der Waals surface area contributed by atoms with Gasteiger partial charge in [-0.3, -0.25) is 0 Å². The van der Waals surface area contributed by atoms with Crippen molar-refractivity contribution in [2.24, 2.45) is 16.8 Å². The van der Waals surface area contributed by atoms with E-state index in [0.29, 0.717) is 18.1 Å². The van der Waals surface area contributed by atoms with Crippen LogP contribution in [0, 0.1) is 5.92 Å². The van der Waals surface area contributed by atoms with Gasteiger partial charge in [-0.05, 0) is 49.6 Å². The van der Waals surface area contributed by atoms with Crippen LogP contribution in [0.1, 0.15) is 18.4 Å². The molecule has 0 aliphatic heterocycles. The van der Waals surface area contributed by atoms with Gasteiger partial charge in [-0.1, -0.05) is 5.16 Å². The van der Waals surface area contributed by atoms with Gasteiger partial charge >= 0.3 is 0 Å². The highest BCUT2D eigenvalue weighted by atomic mass is 16.5. The van der Waals surface area contributed by atoms with Gasteiger partial charge in [0.25, 0.3) is 0 Å². The van der Waals surface area contributed by atoms with Crippen LogP contribution in [0.15, 0.2) is 29.4 Å². The number of aliphatic hydroxyl groups is 1. The van der Waals surface area contributed by atoms with Crippen LogP contribution in [0.3, 0.4) is 0 Å². The standard InChI is InChI=1S/C14H21N3O3/c15-14(17-19)11-1-3-13(4-2-11)20-6-5-16-9-10-7-12(18)8-10/h1-4,10,12,16,18-19H,5-9H2,(H2,15,17). The minimum Gasteiger partial charge on any atom is -0.492 e. The number of hydrogen-bond acceptors (Lipinski definition) is 5. The number of nitrogens with two attached hydrogens (primary N) is 1. The fourth-order valence-electron chi connectivity index (χ4n) is 2.19. The molecule has 1 aromatic rings. The Balaban J connectivity index is 1.61. The van der Waals surface area contributed by atoms with Crippen molar-refractivity contribution in [1.82, 2.24) is 5.32 Å². The van der Waals surface area contributed by atoms with E-state index in [2.05, 4.69) is 10.5 Å².